The van der Waals surface area contributed by atoms with E-state index in [4.69, 9.17) is 4.74 Å². The van der Waals surface area contributed by atoms with Crippen molar-refractivity contribution in [1.82, 2.24) is 14.5 Å². The van der Waals surface area contributed by atoms with Gasteiger partial charge in [0, 0.05) is 50.8 Å². The number of carbonyl (C=O) groups excluding carboxylic acids is 1. The first-order chi connectivity index (χ1) is 14.6. The Morgan fingerprint density at radius 1 is 1.07 bits per heavy atom. The second-order valence-corrected chi connectivity index (χ2v) is 7.10. The summed E-state index contributed by atoms with van der Waals surface area (Å²) in [6.45, 7) is 7.76. The molecule has 156 valence electrons. The van der Waals surface area contributed by atoms with Gasteiger partial charge in [0.15, 0.2) is 0 Å². The standard InChI is InChI=1S/C22H25N5O3/c1-3-25-15-18(21(29)30-4-2)19(28)17-14-23-22(24-20(17)25)27-12-10-26(11-13-27)16-8-6-5-7-9-16/h5-9,14-15H,3-4,10-13H2,1-2H3. The van der Waals surface area contributed by atoms with Gasteiger partial charge in [0.1, 0.15) is 11.2 Å². The van der Waals surface area contributed by atoms with Gasteiger partial charge in [0.2, 0.25) is 11.4 Å². The molecular formula is C22H25N5O3. The van der Waals surface area contributed by atoms with Crippen molar-refractivity contribution < 1.29 is 9.53 Å². The second kappa shape index (κ2) is 8.52. The van der Waals surface area contributed by atoms with Crippen LogP contribution in [-0.2, 0) is 11.3 Å². The van der Waals surface area contributed by atoms with E-state index in [1.165, 1.54) is 18.1 Å². The third-order valence-electron chi connectivity index (χ3n) is 5.32. The third kappa shape index (κ3) is 3.72. The van der Waals surface area contributed by atoms with Gasteiger partial charge in [-0.25, -0.2) is 9.78 Å². The van der Waals surface area contributed by atoms with Gasteiger partial charge < -0.3 is 19.1 Å². The van der Waals surface area contributed by atoms with Crippen LogP contribution in [0.25, 0.3) is 11.0 Å². The maximum atomic E-state index is 12.8. The van der Waals surface area contributed by atoms with E-state index in [9.17, 15) is 9.59 Å². The van der Waals surface area contributed by atoms with Gasteiger partial charge in [-0.15, -0.1) is 0 Å². The SMILES string of the molecule is CCOC(=O)c1cn(CC)c2nc(N3CCN(c4ccccc4)CC3)ncc2c1=O. The minimum absolute atomic E-state index is 0.0130. The molecule has 0 aliphatic carbocycles. The van der Waals surface area contributed by atoms with Crippen LogP contribution in [0.3, 0.4) is 0 Å². The minimum atomic E-state index is -0.618. The van der Waals surface area contributed by atoms with Crippen LogP contribution in [-0.4, -0.2) is 53.3 Å². The lowest BCUT2D eigenvalue weighted by Crippen LogP contribution is -2.47. The molecule has 8 heteroatoms. The van der Waals surface area contributed by atoms with Crippen LogP contribution in [0.1, 0.15) is 24.2 Å². The summed E-state index contributed by atoms with van der Waals surface area (Å²) in [4.78, 5) is 38.5. The number of piperazine rings is 1. The molecule has 0 atom stereocenters. The lowest BCUT2D eigenvalue weighted by Gasteiger charge is -2.36. The Labute approximate surface area is 174 Å². The molecule has 1 aliphatic heterocycles. The molecule has 2 aromatic heterocycles. The molecule has 1 aromatic carbocycles. The summed E-state index contributed by atoms with van der Waals surface area (Å²) >= 11 is 0. The fourth-order valence-electron chi connectivity index (χ4n) is 3.71. The molecule has 0 radical (unpaired) electrons. The normalized spacial score (nSPS) is 14.2. The summed E-state index contributed by atoms with van der Waals surface area (Å²) < 4.78 is 6.82. The van der Waals surface area contributed by atoms with Crippen molar-refractivity contribution in [3.8, 4) is 0 Å². The van der Waals surface area contributed by atoms with Gasteiger partial charge in [-0.2, -0.15) is 4.98 Å². The van der Waals surface area contributed by atoms with E-state index in [1.807, 2.05) is 25.1 Å². The lowest BCUT2D eigenvalue weighted by atomic mass is 10.2. The number of ether oxygens (including phenoxy) is 1. The van der Waals surface area contributed by atoms with E-state index in [-0.39, 0.29) is 12.2 Å². The fourth-order valence-corrected chi connectivity index (χ4v) is 3.71. The fraction of sp³-hybridized carbons (Fsp3) is 0.364. The van der Waals surface area contributed by atoms with Crippen molar-refractivity contribution in [3.05, 3.63) is 58.5 Å². The van der Waals surface area contributed by atoms with Crippen LogP contribution < -0.4 is 15.2 Å². The largest absolute Gasteiger partial charge is 0.462 e. The molecular weight excluding hydrogens is 382 g/mol. The number of rotatable bonds is 5. The number of fused-ring (bicyclic) bond motifs is 1. The molecule has 30 heavy (non-hydrogen) atoms. The van der Waals surface area contributed by atoms with E-state index >= 15 is 0 Å². The van der Waals surface area contributed by atoms with Gasteiger partial charge in [0.25, 0.3) is 0 Å². The number of nitrogens with zero attached hydrogens (tertiary/aromatic N) is 5. The lowest BCUT2D eigenvalue weighted by molar-refractivity contribution is 0.0524. The first-order valence-corrected chi connectivity index (χ1v) is 10.2. The van der Waals surface area contributed by atoms with Crippen molar-refractivity contribution in [2.75, 3.05) is 42.6 Å². The molecule has 0 spiro atoms. The molecule has 0 bridgehead atoms. The zero-order valence-corrected chi connectivity index (χ0v) is 17.2. The number of aryl methyl sites for hydroxylation is 1. The highest BCUT2D eigenvalue weighted by atomic mass is 16.5. The zero-order valence-electron chi connectivity index (χ0n) is 17.2. The molecule has 1 fully saturated rings. The van der Waals surface area contributed by atoms with Gasteiger partial charge in [-0.05, 0) is 26.0 Å². The average molecular weight is 407 g/mol. The van der Waals surface area contributed by atoms with E-state index < -0.39 is 11.4 Å². The van der Waals surface area contributed by atoms with Crippen LogP contribution in [0.2, 0.25) is 0 Å². The highest BCUT2D eigenvalue weighted by molar-refractivity contribution is 5.93. The zero-order chi connectivity index (χ0) is 21.1. The maximum Gasteiger partial charge on any atom is 0.343 e. The quantitative estimate of drug-likeness (QED) is 0.601. The maximum absolute atomic E-state index is 12.8. The van der Waals surface area contributed by atoms with Crippen LogP contribution in [0, 0.1) is 0 Å². The predicted octanol–water partition coefficient (Wildman–Crippen LogP) is 2.31. The number of hydrogen-bond donors (Lipinski definition) is 0. The van der Waals surface area contributed by atoms with E-state index in [1.54, 1.807) is 11.5 Å². The predicted molar refractivity (Wildman–Crippen MR) is 116 cm³/mol. The number of benzene rings is 1. The van der Waals surface area contributed by atoms with Crippen molar-refractivity contribution in [3.63, 3.8) is 0 Å². The van der Waals surface area contributed by atoms with Crippen LogP contribution in [0.4, 0.5) is 11.6 Å². The first-order valence-electron chi connectivity index (χ1n) is 10.2. The molecule has 8 nitrogen and oxygen atoms in total. The number of hydrogen-bond acceptors (Lipinski definition) is 7. The number of esters is 1. The topological polar surface area (TPSA) is 80.6 Å². The van der Waals surface area contributed by atoms with Crippen LogP contribution in [0.15, 0.2) is 47.5 Å². The van der Waals surface area contributed by atoms with Gasteiger partial charge in [-0.1, -0.05) is 18.2 Å². The number of anilines is 2. The minimum Gasteiger partial charge on any atom is -0.462 e. The first kappa shape index (κ1) is 19.9. The average Bonchev–Trinajstić information content (AvgIpc) is 2.80. The Balaban J connectivity index is 1.62. The highest BCUT2D eigenvalue weighted by Gasteiger charge is 2.22. The number of para-hydroxylation sites is 1. The molecule has 1 aliphatic rings. The number of pyridine rings is 1. The number of aromatic nitrogens is 3. The molecule has 0 N–H and O–H groups in total. The Kier molecular flexibility index (Phi) is 5.65. The smallest absolute Gasteiger partial charge is 0.343 e. The van der Waals surface area contributed by atoms with Crippen molar-refractivity contribution >= 4 is 28.6 Å². The van der Waals surface area contributed by atoms with E-state index in [2.05, 4.69) is 31.9 Å². The monoisotopic (exact) mass is 407 g/mol. The molecule has 0 unspecified atom stereocenters. The van der Waals surface area contributed by atoms with E-state index in [0.717, 1.165) is 26.2 Å². The molecule has 4 rings (SSSR count). The van der Waals surface area contributed by atoms with Crippen LogP contribution >= 0.6 is 0 Å². The van der Waals surface area contributed by atoms with E-state index in [0.29, 0.717) is 23.5 Å². The summed E-state index contributed by atoms with van der Waals surface area (Å²) in [6, 6.07) is 10.3. The van der Waals surface area contributed by atoms with Crippen molar-refractivity contribution in [2.24, 2.45) is 0 Å². The van der Waals surface area contributed by atoms with Crippen molar-refractivity contribution in [1.29, 1.82) is 0 Å². The summed E-state index contributed by atoms with van der Waals surface area (Å²) in [5, 5.41) is 0.328. The molecule has 0 saturated carbocycles. The van der Waals surface area contributed by atoms with Gasteiger partial charge in [0.05, 0.1) is 12.0 Å². The van der Waals surface area contributed by atoms with Crippen molar-refractivity contribution in [2.45, 2.75) is 20.4 Å². The molecule has 3 heterocycles. The summed E-state index contributed by atoms with van der Waals surface area (Å²) in [6.07, 6.45) is 3.06. The third-order valence-corrected chi connectivity index (χ3v) is 5.32. The van der Waals surface area contributed by atoms with Crippen LogP contribution in [0.5, 0.6) is 0 Å². The number of carbonyl (C=O) groups is 1. The Morgan fingerprint density at radius 2 is 1.77 bits per heavy atom. The molecule has 3 aromatic rings. The molecule has 0 amide bonds. The van der Waals surface area contributed by atoms with Gasteiger partial charge in [-0.3, -0.25) is 4.79 Å². The highest BCUT2D eigenvalue weighted by Crippen LogP contribution is 2.19. The summed E-state index contributed by atoms with van der Waals surface area (Å²) in [7, 11) is 0. The van der Waals surface area contributed by atoms with Gasteiger partial charge >= 0.3 is 5.97 Å². The summed E-state index contributed by atoms with van der Waals surface area (Å²) in [5.74, 6) is -0.0200. The molecule has 1 saturated heterocycles. The Hall–Kier alpha value is -3.42. The Bertz CT molecular complexity index is 1100. The Morgan fingerprint density at radius 3 is 2.43 bits per heavy atom. The summed E-state index contributed by atoms with van der Waals surface area (Å²) in [5.41, 5.74) is 1.36. The second-order valence-electron chi connectivity index (χ2n) is 7.10.